The van der Waals surface area contributed by atoms with E-state index in [0.29, 0.717) is 24.9 Å². The first kappa shape index (κ1) is 42.9. The van der Waals surface area contributed by atoms with E-state index in [2.05, 4.69) is 24.2 Å². The van der Waals surface area contributed by atoms with Crippen LogP contribution in [0.25, 0.3) is 0 Å². The molecule has 0 aliphatic carbocycles. The van der Waals surface area contributed by atoms with Crippen LogP contribution in [-0.2, 0) is 0 Å². The fourth-order valence-corrected chi connectivity index (χ4v) is 1.50. The largest absolute Gasteiger partial charge is 0.370 e. The molecule has 0 radical (unpaired) electrons. The van der Waals surface area contributed by atoms with Crippen molar-refractivity contribution < 1.29 is 0 Å². The minimum absolute atomic E-state index is 0. The number of aliphatic imine (C=N–C) groups is 1. The molecule has 0 aromatic heterocycles. The summed E-state index contributed by atoms with van der Waals surface area (Å²) in [6.07, 6.45) is 2.13. The summed E-state index contributed by atoms with van der Waals surface area (Å²) in [4.78, 5) is 4.11. The van der Waals surface area contributed by atoms with Crippen LogP contribution in [0, 0.1) is 17.2 Å². The molecular formula is C14H42Cl2N6. The molecule has 0 saturated heterocycles. The molecule has 0 aromatic rings. The van der Waals surface area contributed by atoms with Crippen molar-refractivity contribution in [2.24, 2.45) is 34.0 Å². The van der Waals surface area contributed by atoms with Crippen LogP contribution in [0.3, 0.4) is 0 Å². The smallest absolute Gasteiger partial charge is 0.195 e. The Bertz CT molecular complexity index is 245. The number of nitrogens with zero attached hydrogens (tertiary/aromatic N) is 1. The van der Waals surface area contributed by atoms with Gasteiger partial charge in [-0.25, -0.2) is 0 Å². The van der Waals surface area contributed by atoms with Crippen LogP contribution in [0.1, 0.15) is 56.4 Å². The van der Waals surface area contributed by atoms with Gasteiger partial charge in [-0.3, -0.25) is 15.7 Å². The minimum atomic E-state index is -0.192. The molecule has 0 fully saturated rings. The van der Waals surface area contributed by atoms with Crippen LogP contribution < -0.4 is 22.5 Å². The fourth-order valence-electron chi connectivity index (χ4n) is 1.50. The first-order valence-corrected chi connectivity index (χ1v) is 5.60. The summed E-state index contributed by atoms with van der Waals surface area (Å²) < 4.78 is 0. The minimum Gasteiger partial charge on any atom is -0.370 e. The molecule has 0 amide bonds. The molecule has 142 valence electrons. The summed E-state index contributed by atoms with van der Waals surface area (Å²) in [7, 11) is 0. The Morgan fingerprint density at radius 2 is 1.59 bits per heavy atom. The summed E-state index contributed by atoms with van der Waals surface area (Å²) in [6, 6.07) is 0. The van der Waals surface area contributed by atoms with Gasteiger partial charge in [0.05, 0.1) is 0 Å². The zero-order valence-electron chi connectivity index (χ0n) is 11.0. The topological polar surface area (TPSA) is 126 Å². The summed E-state index contributed by atoms with van der Waals surface area (Å²) in [5.74, 6) is 0.982. The normalized spacial score (nSPS) is 11.3. The van der Waals surface area contributed by atoms with Gasteiger partial charge in [-0.2, -0.15) is 0 Å². The lowest BCUT2D eigenvalue weighted by molar-refractivity contribution is 0.393. The zero-order valence-corrected chi connectivity index (χ0v) is 12.6. The number of guanidine groups is 2. The van der Waals surface area contributed by atoms with Gasteiger partial charge in [-0.15, -0.1) is 24.8 Å². The van der Waals surface area contributed by atoms with Gasteiger partial charge in [0.2, 0.25) is 0 Å². The van der Waals surface area contributed by atoms with Gasteiger partial charge in [-0.1, -0.05) is 50.0 Å². The number of halogens is 2. The summed E-state index contributed by atoms with van der Waals surface area (Å²) in [6.45, 7) is 5.59. The second kappa shape index (κ2) is 25.2. The second-order valence-electron chi connectivity index (χ2n) is 4.12. The van der Waals surface area contributed by atoms with Crippen molar-refractivity contribution in [3.8, 4) is 0 Å². The summed E-state index contributed by atoms with van der Waals surface area (Å²) in [5.41, 5.74) is 16.3. The molecule has 6 nitrogen and oxygen atoms in total. The van der Waals surface area contributed by atoms with Crippen molar-refractivity contribution in [2.45, 2.75) is 56.4 Å². The molecule has 0 aliphatic rings. The van der Waals surface area contributed by atoms with Crippen LogP contribution in [-0.4, -0.2) is 25.0 Å². The number of rotatable bonds is 6. The molecule has 2 atom stereocenters. The molecule has 0 saturated carbocycles. The SMILES string of the molecule is C.C.C.C.CCC(CN)CC(C)CN=C(N)NC(=N)N.Cl.Cl. The molecule has 0 heterocycles. The molecule has 8 N–H and O–H groups in total. The molecule has 0 bridgehead atoms. The van der Waals surface area contributed by atoms with E-state index < -0.39 is 0 Å². The molecule has 2 unspecified atom stereocenters. The third-order valence-electron chi connectivity index (χ3n) is 2.48. The maximum Gasteiger partial charge on any atom is 0.195 e. The monoisotopic (exact) mass is 364 g/mol. The van der Waals surface area contributed by atoms with E-state index in [9.17, 15) is 0 Å². The van der Waals surface area contributed by atoms with E-state index in [0.717, 1.165) is 12.8 Å². The molecular weight excluding hydrogens is 323 g/mol. The quantitative estimate of drug-likeness (QED) is 0.366. The molecule has 0 spiro atoms. The lowest BCUT2D eigenvalue weighted by Crippen LogP contribution is -2.41. The van der Waals surface area contributed by atoms with Gasteiger partial charge in [-0.05, 0) is 24.8 Å². The predicted molar refractivity (Wildman–Crippen MR) is 110 cm³/mol. The van der Waals surface area contributed by atoms with Crippen LogP contribution in [0.5, 0.6) is 0 Å². The number of hydrogen-bond donors (Lipinski definition) is 5. The third kappa shape index (κ3) is 24.3. The molecule has 0 rings (SSSR count). The highest BCUT2D eigenvalue weighted by Gasteiger charge is 2.09. The molecule has 22 heavy (non-hydrogen) atoms. The average molecular weight is 365 g/mol. The lowest BCUT2D eigenvalue weighted by atomic mass is 9.94. The summed E-state index contributed by atoms with van der Waals surface area (Å²) in [5, 5.41) is 9.42. The highest BCUT2D eigenvalue weighted by atomic mass is 35.5. The predicted octanol–water partition coefficient (Wildman–Crippen LogP) is 3.18. The van der Waals surface area contributed by atoms with Crippen molar-refractivity contribution >= 4 is 36.7 Å². The first-order valence-electron chi connectivity index (χ1n) is 5.60. The summed E-state index contributed by atoms with van der Waals surface area (Å²) >= 11 is 0. The van der Waals surface area contributed by atoms with Gasteiger partial charge in [0, 0.05) is 6.54 Å². The Kier molecular flexibility index (Phi) is 49.3. The highest BCUT2D eigenvalue weighted by Crippen LogP contribution is 2.14. The van der Waals surface area contributed by atoms with E-state index in [1.807, 2.05) is 0 Å². The van der Waals surface area contributed by atoms with Gasteiger partial charge in [0.1, 0.15) is 0 Å². The molecule has 8 heteroatoms. The van der Waals surface area contributed by atoms with Crippen LogP contribution in [0.15, 0.2) is 4.99 Å². The van der Waals surface area contributed by atoms with Crippen molar-refractivity contribution in [1.29, 1.82) is 5.41 Å². The van der Waals surface area contributed by atoms with Gasteiger partial charge in [0.25, 0.3) is 0 Å². The van der Waals surface area contributed by atoms with Crippen molar-refractivity contribution in [3.05, 3.63) is 0 Å². The van der Waals surface area contributed by atoms with Gasteiger partial charge < -0.3 is 17.2 Å². The fraction of sp³-hybridized carbons (Fsp3) is 0.857. The van der Waals surface area contributed by atoms with Crippen molar-refractivity contribution in [2.75, 3.05) is 13.1 Å². The van der Waals surface area contributed by atoms with E-state index in [4.69, 9.17) is 22.6 Å². The van der Waals surface area contributed by atoms with E-state index >= 15 is 0 Å². The van der Waals surface area contributed by atoms with E-state index in [1.54, 1.807) is 0 Å². The highest BCUT2D eigenvalue weighted by molar-refractivity contribution is 5.95. The Hall–Kier alpha value is -0.720. The first-order chi connectivity index (χ1) is 7.49. The van der Waals surface area contributed by atoms with Gasteiger partial charge in [0.15, 0.2) is 11.9 Å². The Morgan fingerprint density at radius 1 is 1.14 bits per heavy atom. The van der Waals surface area contributed by atoms with Crippen LogP contribution in [0.4, 0.5) is 0 Å². The van der Waals surface area contributed by atoms with Crippen LogP contribution in [0.2, 0.25) is 0 Å². The number of nitrogens with one attached hydrogen (secondary N) is 2. The van der Waals surface area contributed by atoms with Crippen LogP contribution >= 0.6 is 24.8 Å². The van der Waals surface area contributed by atoms with E-state index in [-0.39, 0.29) is 66.4 Å². The van der Waals surface area contributed by atoms with Crippen molar-refractivity contribution in [3.63, 3.8) is 0 Å². The Balaban J connectivity index is -0.0000000750. The molecule has 0 aliphatic heterocycles. The number of nitrogens with two attached hydrogens (primary N) is 3. The van der Waals surface area contributed by atoms with Crippen molar-refractivity contribution in [1.82, 2.24) is 5.32 Å². The lowest BCUT2D eigenvalue weighted by Gasteiger charge is -2.16. The van der Waals surface area contributed by atoms with Gasteiger partial charge >= 0.3 is 0 Å². The Morgan fingerprint density at radius 3 is 1.91 bits per heavy atom. The maximum absolute atomic E-state index is 6.97. The zero-order chi connectivity index (χ0) is 12.6. The Labute approximate surface area is 151 Å². The molecule has 0 aromatic carbocycles. The third-order valence-corrected chi connectivity index (χ3v) is 2.48. The average Bonchev–Trinajstić information content (AvgIpc) is 2.22. The van der Waals surface area contributed by atoms with E-state index in [1.165, 1.54) is 0 Å². The number of hydrogen-bond acceptors (Lipinski definition) is 3. The second-order valence-corrected chi connectivity index (χ2v) is 4.12. The standard InChI is InChI=1S/C10H24N6.4CH4.2ClH/c1-3-8(5-11)4-7(2)6-15-10(14)16-9(12)13;;;;;;/h7-8H,3-6,11H2,1-2H3,(H6,12,13,14,15,16);4*1H4;2*1H. The maximum atomic E-state index is 6.97.